The van der Waals surface area contributed by atoms with Gasteiger partial charge in [0.05, 0.1) is 30.4 Å². The Bertz CT molecular complexity index is 1340. The zero-order valence-electron chi connectivity index (χ0n) is 18.8. The van der Waals surface area contributed by atoms with Gasteiger partial charge in [-0.25, -0.2) is 4.79 Å². The fourth-order valence-corrected chi connectivity index (χ4v) is 4.92. The maximum atomic E-state index is 13.2. The summed E-state index contributed by atoms with van der Waals surface area (Å²) < 4.78 is 16.6. The van der Waals surface area contributed by atoms with Crippen LogP contribution in [-0.4, -0.2) is 30.4 Å². The van der Waals surface area contributed by atoms with Crippen LogP contribution in [0.25, 0.3) is 6.08 Å². The van der Waals surface area contributed by atoms with Gasteiger partial charge < -0.3 is 14.2 Å². The lowest BCUT2D eigenvalue weighted by Crippen LogP contribution is -2.29. The van der Waals surface area contributed by atoms with Crippen molar-refractivity contribution in [3.63, 3.8) is 0 Å². The largest absolute Gasteiger partial charge is 0.493 e. The molecule has 4 rings (SSSR count). The minimum absolute atomic E-state index is 0.259. The molecular weight excluding hydrogens is 506 g/mol. The first-order valence-electron chi connectivity index (χ1n) is 10.4. The number of nitrogens with zero attached hydrogens (tertiary/aromatic N) is 1. The third-order valence-electron chi connectivity index (χ3n) is 5.17. The molecule has 0 N–H and O–H groups in total. The number of hydrogen-bond acceptors (Lipinski definition) is 7. The van der Waals surface area contributed by atoms with Crippen LogP contribution in [0, 0.1) is 0 Å². The summed E-state index contributed by atoms with van der Waals surface area (Å²) in [6.45, 7) is 0.285. The van der Waals surface area contributed by atoms with Gasteiger partial charge in [-0.15, -0.1) is 0 Å². The van der Waals surface area contributed by atoms with Gasteiger partial charge in [-0.05, 0) is 42.0 Å². The van der Waals surface area contributed by atoms with Gasteiger partial charge in [0.25, 0.3) is 5.91 Å². The zero-order valence-corrected chi connectivity index (χ0v) is 21.2. The molecule has 3 aromatic carbocycles. The summed E-state index contributed by atoms with van der Waals surface area (Å²) in [5.41, 5.74) is 2.23. The molecule has 1 saturated heterocycles. The summed E-state index contributed by atoms with van der Waals surface area (Å²) in [5, 5.41) is 0.624. The topological polar surface area (TPSA) is 65.1 Å². The second kappa shape index (κ2) is 10.9. The predicted octanol–water partition coefficient (Wildman–Crippen LogP) is 6.12. The first-order chi connectivity index (χ1) is 16.9. The predicted molar refractivity (Wildman–Crippen MR) is 142 cm³/mol. The van der Waals surface area contributed by atoms with Crippen LogP contribution in [0.4, 0.5) is 5.69 Å². The Morgan fingerprint density at radius 1 is 1.06 bits per heavy atom. The van der Waals surface area contributed by atoms with Crippen LogP contribution < -0.4 is 14.4 Å². The summed E-state index contributed by atoms with van der Waals surface area (Å²) in [7, 11) is 2.84. The van der Waals surface area contributed by atoms with Gasteiger partial charge in [-0.3, -0.25) is 9.69 Å². The Hall–Kier alpha value is -3.33. The van der Waals surface area contributed by atoms with E-state index in [-0.39, 0.29) is 18.1 Å². The van der Waals surface area contributed by atoms with Crippen molar-refractivity contribution >= 4 is 63.5 Å². The molecule has 0 atom stereocenters. The number of carbonyl (C=O) groups excluding carboxylic acids is 2. The van der Waals surface area contributed by atoms with Gasteiger partial charge in [0, 0.05) is 10.6 Å². The summed E-state index contributed by atoms with van der Waals surface area (Å²) >= 11 is 12.8. The van der Waals surface area contributed by atoms with Crippen molar-refractivity contribution in [3.8, 4) is 11.5 Å². The molecule has 9 heteroatoms. The smallest absolute Gasteiger partial charge is 0.339 e. The molecule has 0 aromatic heterocycles. The quantitative estimate of drug-likeness (QED) is 0.209. The number of esters is 1. The van der Waals surface area contributed by atoms with Gasteiger partial charge in [0.1, 0.15) is 6.61 Å². The SMILES string of the molecule is COC(=O)c1ccccc1N1C(=O)/C(=C/c2ccc(OCc3ccccc3Cl)c(OC)c2)SC1=S. The van der Waals surface area contributed by atoms with Crippen LogP contribution in [0.3, 0.4) is 0 Å². The van der Waals surface area contributed by atoms with Crippen LogP contribution in [0.15, 0.2) is 71.6 Å². The molecular formula is C26H20ClNO5S2. The standard InChI is InChI=1S/C26H20ClNO5S2/c1-31-22-13-16(11-12-21(22)33-15-17-7-3-5-9-19(17)27)14-23-24(29)28(26(34)35-23)20-10-6-4-8-18(20)25(30)32-2/h3-14H,15H2,1-2H3/b23-14-. The molecule has 6 nitrogen and oxygen atoms in total. The molecule has 0 saturated carbocycles. The molecule has 0 unspecified atom stereocenters. The number of benzene rings is 3. The summed E-state index contributed by atoms with van der Waals surface area (Å²) in [4.78, 5) is 27.2. The fourth-order valence-electron chi connectivity index (χ4n) is 3.44. The van der Waals surface area contributed by atoms with E-state index in [2.05, 4.69) is 0 Å². The van der Waals surface area contributed by atoms with Gasteiger partial charge in [0.2, 0.25) is 0 Å². The highest BCUT2D eigenvalue weighted by Crippen LogP contribution is 2.38. The van der Waals surface area contributed by atoms with Gasteiger partial charge in [-0.1, -0.05) is 72.0 Å². The second-order valence-corrected chi connectivity index (χ2v) is 9.40. The molecule has 0 bridgehead atoms. The van der Waals surface area contributed by atoms with E-state index in [0.717, 1.165) is 22.9 Å². The Morgan fingerprint density at radius 2 is 1.80 bits per heavy atom. The van der Waals surface area contributed by atoms with E-state index < -0.39 is 5.97 Å². The summed E-state index contributed by atoms with van der Waals surface area (Å²) in [6.07, 6.45) is 1.72. The van der Waals surface area contributed by atoms with Gasteiger partial charge >= 0.3 is 5.97 Å². The highest BCUT2D eigenvalue weighted by atomic mass is 35.5. The summed E-state index contributed by atoms with van der Waals surface area (Å²) in [5.74, 6) is 0.187. The number of halogens is 1. The molecule has 1 fully saturated rings. The molecule has 0 aliphatic carbocycles. The molecule has 35 heavy (non-hydrogen) atoms. The second-order valence-electron chi connectivity index (χ2n) is 7.32. The third-order valence-corrected chi connectivity index (χ3v) is 6.84. The van der Waals surface area contributed by atoms with Gasteiger partial charge in [-0.2, -0.15) is 0 Å². The van der Waals surface area contributed by atoms with Crippen molar-refractivity contribution in [1.82, 2.24) is 0 Å². The highest BCUT2D eigenvalue weighted by molar-refractivity contribution is 8.27. The van der Waals surface area contributed by atoms with Crippen molar-refractivity contribution in [2.45, 2.75) is 6.61 Å². The molecule has 1 amide bonds. The number of thiocarbonyl (C=S) groups is 1. The van der Waals surface area contributed by atoms with E-state index in [1.54, 1.807) is 55.7 Å². The first kappa shape index (κ1) is 24.8. The molecule has 1 heterocycles. The number of ether oxygens (including phenoxy) is 3. The van der Waals surface area contributed by atoms with Crippen molar-refractivity contribution < 1.29 is 23.8 Å². The lowest BCUT2D eigenvalue weighted by atomic mass is 10.1. The van der Waals surface area contributed by atoms with Gasteiger partial charge in [0.15, 0.2) is 15.8 Å². The molecule has 0 spiro atoms. The summed E-state index contributed by atoms with van der Waals surface area (Å²) in [6, 6.07) is 19.5. The number of anilines is 1. The number of carbonyl (C=O) groups is 2. The van der Waals surface area contributed by atoms with Crippen molar-refractivity contribution in [1.29, 1.82) is 0 Å². The Morgan fingerprint density at radius 3 is 2.54 bits per heavy atom. The van der Waals surface area contributed by atoms with E-state index in [1.807, 2.05) is 24.3 Å². The minimum Gasteiger partial charge on any atom is -0.493 e. The molecule has 3 aromatic rings. The average molecular weight is 526 g/mol. The minimum atomic E-state index is -0.546. The number of para-hydroxylation sites is 1. The lowest BCUT2D eigenvalue weighted by Gasteiger charge is -2.17. The van der Waals surface area contributed by atoms with Crippen molar-refractivity contribution in [2.75, 3.05) is 19.1 Å². The van der Waals surface area contributed by atoms with Crippen LogP contribution in [0.2, 0.25) is 5.02 Å². The Balaban J connectivity index is 1.57. The van der Waals surface area contributed by atoms with E-state index >= 15 is 0 Å². The van der Waals surface area contributed by atoms with Crippen LogP contribution in [0.1, 0.15) is 21.5 Å². The fraction of sp³-hybridized carbons (Fsp3) is 0.115. The number of methoxy groups -OCH3 is 2. The van der Waals surface area contributed by atoms with Crippen LogP contribution >= 0.6 is 35.6 Å². The van der Waals surface area contributed by atoms with Crippen LogP contribution in [0.5, 0.6) is 11.5 Å². The monoisotopic (exact) mass is 525 g/mol. The van der Waals surface area contributed by atoms with Crippen LogP contribution in [-0.2, 0) is 16.1 Å². The molecule has 178 valence electrons. The maximum absolute atomic E-state index is 13.2. The van der Waals surface area contributed by atoms with E-state index in [9.17, 15) is 9.59 Å². The molecule has 0 radical (unpaired) electrons. The highest BCUT2D eigenvalue weighted by Gasteiger charge is 2.35. The number of thioether (sulfide) groups is 1. The van der Waals surface area contributed by atoms with E-state index in [4.69, 9.17) is 38.0 Å². The Labute approximate surface area is 217 Å². The molecule has 1 aliphatic rings. The van der Waals surface area contributed by atoms with E-state index in [0.29, 0.717) is 31.4 Å². The van der Waals surface area contributed by atoms with E-state index in [1.165, 1.54) is 12.0 Å². The van der Waals surface area contributed by atoms with Crippen molar-refractivity contribution in [3.05, 3.63) is 93.3 Å². The van der Waals surface area contributed by atoms with Crippen molar-refractivity contribution in [2.24, 2.45) is 0 Å². The molecule has 1 aliphatic heterocycles. The number of amides is 1. The third kappa shape index (κ3) is 5.35. The maximum Gasteiger partial charge on any atom is 0.339 e. The Kier molecular flexibility index (Phi) is 7.75. The average Bonchev–Trinajstić information content (AvgIpc) is 3.15. The zero-order chi connectivity index (χ0) is 24.9. The first-order valence-corrected chi connectivity index (χ1v) is 12.0. The number of rotatable bonds is 7. The number of hydrogen-bond donors (Lipinski definition) is 0. The lowest BCUT2D eigenvalue weighted by molar-refractivity contribution is -0.113. The normalized spacial score (nSPS) is 14.4.